The van der Waals surface area contributed by atoms with Crippen LogP contribution in [0.15, 0.2) is 11.6 Å². The molecule has 268 valence electrons. The van der Waals surface area contributed by atoms with Gasteiger partial charge in [0.25, 0.3) is 0 Å². The number of hydrogen-bond acceptors (Lipinski definition) is 11. The Morgan fingerprint density at radius 3 is 2.23 bits per heavy atom. The monoisotopic (exact) mass is 666 g/mol. The summed E-state index contributed by atoms with van der Waals surface area (Å²) in [6, 6.07) is 0. The van der Waals surface area contributed by atoms with Gasteiger partial charge in [-0.3, -0.25) is 4.79 Å². The normalized spacial score (nSPS) is 57.5. The number of ether oxygens (including phenoxy) is 2. The van der Waals surface area contributed by atoms with E-state index in [1.54, 1.807) is 0 Å². The van der Waals surface area contributed by atoms with Crippen LogP contribution in [0, 0.1) is 50.7 Å². The molecule has 5 fully saturated rings. The number of carbonyl (C=O) groups excluding carboxylic acids is 1. The van der Waals surface area contributed by atoms with Crippen LogP contribution in [0.5, 0.6) is 0 Å². The van der Waals surface area contributed by atoms with Gasteiger partial charge in [-0.1, -0.05) is 46.3 Å². The smallest absolute Gasteiger partial charge is 0.315 e. The average Bonchev–Trinajstić information content (AvgIpc) is 3.02. The molecule has 1 aliphatic heterocycles. The maximum absolute atomic E-state index is 14.5. The molecule has 0 bridgehead atoms. The lowest BCUT2D eigenvalue weighted by atomic mass is 9.33. The zero-order chi connectivity index (χ0) is 34.7. The van der Waals surface area contributed by atoms with Crippen LogP contribution in [0.25, 0.3) is 0 Å². The third-order valence-corrected chi connectivity index (χ3v) is 15.6. The molecule has 11 nitrogen and oxygen atoms in total. The summed E-state index contributed by atoms with van der Waals surface area (Å²) in [7, 11) is 0. The van der Waals surface area contributed by atoms with Gasteiger partial charge >= 0.3 is 5.97 Å². The molecule has 1 saturated heterocycles. The number of fused-ring (bicyclic) bond motifs is 7. The van der Waals surface area contributed by atoms with Gasteiger partial charge in [0.2, 0.25) is 6.29 Å². The van der Waals surface area contributed by atoms with E-state index in [0.717, 1.165) is 18.4 Å². The number of hydrogen-bond donors (Lipinski definition) is 8. The average molecular weight is 667 g/mol. The Morgan fingerprint density at radius 1 is 0.915 bits per heavy atom. The maximum Gasteiger partial charge on any atom is 0.315 e. The van der Waals surface area contributed by atoms with Crippen LogP contribution < -0.4 is 0 Å². The predicted octanol–water partition coefficient (Wildman–Crippen LogP) is 1.41. The second kappa shape index (κ2) is 11.4. The molecule has 0 unspecified atom stereocenters. The molecule has 1 heterocycles. The van der Waals surface area contributed by atoms with Crippen molar-refractivity contribution in [1.82, 2.24) is 0 Å². The Morgan fingerprint density at radius 2 is 1.60 bits per heavy atom. The number of rotatable bonds is 4. The third-order valence-electron chi connectivity index (χ3n) is 15.6. The topological polar surface area (TPSA) is 197 Å². The summed E-state index contributed by atoms with van der Waals surface area (Å²) >= 11 is 0. The van der Waals surface area contributed by atoms with Gasteiger partial charge in [0.15, 0.2) is 0 Å². The molecule has 0 amide bonds. The minimum absolute atomic E-state index is 0.00373. The van der Waals surface area contributed by atoms with E-state index in [9.17, 15) is 45.6 Å². The fourth-order valence-corrected chi connectivity index (χ4v) is 12.4. The lowest BCUT2D eigenvalue weighted by Gasteiger charge is -2.72. The molecule has 17 atom stereocenters. The van der Waals surface area contributed by atoms with Gasteiger partial charge in [-0.2, -0.15) is 0 Å². The van der Waals surface area contributed by atoms with Crippen LogP contribution in [0.4, 0.5) is 0 Å². The largest absolute Gasteiger partial charge is 0.432 e. The molecule has 0 spiro atoms. The highest BCUT2D eigenvalue weighted by atomic mass is 16.7. The summed E-state index contributed by atoms with van der Waals surface area (Å²) in [6.07, 6.45) is -2.75. The molecule has 0 aromatic rings. The van der Waals surface area contributed by atoms with Crippen molar-refractivity contribution in [3.05, 3.63) is 11.6 Å². The maximum atomic E-state index is 14.5. The Kier molecular flexibility index (Phi) is 8.68. The number of aliphatic hydroxyl groups excluding tert-OH is 7. The van der Waals surface area contributed by atoms with E-state index in [-0.39, 0.29) is 35.2 Å². The minimum atomic E-state index is -1.72. The quantitative estimate of drug-likeness (QED) is 0.160. The van der Waals surface area contributed by atoms with E-state index in [1.807, 2.05) is 20.8 Å². The summed E-state index contributed by atoms with van der Waals surface area (Å²) in [5.41, 5.74) is -3.27. The standard InChI is InChI=1S/C36H58O11/c1-18-9-12-36(30(44)47-29-26(42)25(41)24(40)21(16-37)46-29)14-13-33(4)19(27(36)35(18,6)45)7-8-23-31(2)15-20(39)28(43)32(3,17-38)22(31)10-11-34(23,33)5/h7,18,20-29,37-43,45H,8-17H2,1-6H3/t18-,20+,21+,22+,23+,24+,25-,26+,27+,28-,29-,31-,32-,33+,34+,35+,36-/m0/s1. The summed E-state index contributed by atoms with van der Waals surface area (Å²) in [4.78, 5) is 14.5. The molecule has 0 aromatic carbocycles. The first-order valence-corrected chi connectivity index (χ1v) is 17.7. The Labute approximate surface area is 278 Å². The van der Waals surface area contributed by atoms with E-state index in [0.29, 0.717) is 38.5 Å². The molecule has 0 aromatic heterocycles. The lowest BCUT2D eigenvalue weighted by Crippen LogP contribution is -2.69. The summed E-state index contributed by atoms with van der Waals surface area (Å²) < 4.78 is 11.4. The van der Waals surface area contributed by atoms with Crippen molar-refractivity contribution < 1.29 is 55.1 Å². The third kappa shape index (κ3) is 4.60. The highest BCUT2D eigenvalue weighted by molar-refractivity contribution is 5.79. The summed E-state index contributed by atoms with van der Waals surface area (Å²) in [5, 5.41) is 86.2. The second-order valence-electron chi connectivity index (χ2n) is 17.5. The molecular formula is C36H58O11. The van der Waals surface area contributed by atoms with Gasteiger partial charge in [-0.25, -0.2) is 0 Å². The first-order valence-electron chi connectivity index (χ1n) is 17.7. The molecule has 4 saturated carbocycles. The van der Waals surface area contributed by atoms with Gasteiger partial charge in [0.05, 0.1) is 36.4 Å². The van der Waals surface area contributed by atoms with Gasteiger partial charge in [0, 0.05) is 11.3 Å². The summed E-state index contributed by atoms with van der Waals surface area (Å²) in [5.74, 6) is -1.23. The Bertz CT molecular complexity index is 1270. The fourth-order valence-electron chi connectivity index (χ4n) is 12.4. The van der Waals surface area contributed by atoms with Crippen LogP contribution in [0.2, 0.25) is 0 Å². The molecule has 0 radical (unpaired) electrons. The first-order chi connectivity index (χ1) is 21.8. The van der Waals surface area contributed by atoms with Gasteiger partial charge in [-0.05, 0) is 92.3 Å². The highest BCUT2D eigenvalue weighted by Gasteiger charge is 2.72. The van der Waals surface area contributed by atoms with Crippen molar-refractivity contribution in [2.75, 3.05) is 13.2 Å². The van der Waals surface area contributed by atoms with E-state index >= 15 is 0 Å². The molecular weight excluding hydrogens is 608 g/mol. The SMILES string of the molecule is C[C@H]1CC[C@]2(C(=O)O[C@@H]3O[C@H](CO)[C@@H](O)[C@H](O)[C@H]3O)CC[C@]3(C)C(=CC[C@@H]4[C@@]5(C)C[C@@H](O)[C@H](O)[C@@](C)(CO)[C@@H]5CC[C@]43C)[C@@H]2[C@]1(C)O. The van der Waals surface area contributed by atoms with Gasteiger partial charge in [-0.15, -0.1) is 0 Å². The summed E-state index contributed by atoms with van der Waals surface area (Å²) in [6.45, 7) is 11.6. The number of carbonyl (C=O) groups is 1. The zero-order valence-electron chi connectivity index (χ0n) is 28.8. The number of allylic oxidation sites excluding steroid dienone is 1. The fraction of sp³-hybridized carbons (Fsp3) is 0.917. The van der Waals surface area contributed by atoms with Crippen molar-refractivity contribution in [1.29, 1.82) is 0 Å². The van der Waals surface area contributed by atoms with Crippen molar-refractivity contribution >= 4 is 5.97 Å². The Balaban J connectivity index is 1.40. The zero-order valence-corrected chi connectivity index (χ0v) is 28.8. The van der Waals surface area contributed by atoms with E-state index in [2.05, 4.69) is 26.8 Å². The minimum Gasteiger partial charge on any atom is -0.432 e. The lowest BCUT2D eigenvalue weighted by molar-refractivity contribution is -0.299. The molecule has 8 N–H and O–H groups in total. The number of esters is 1. The second-order valence-corrected chi connectivity index (χ2v) is 17.5. The van der Waals surface area contributed by atoms with Crippen LogP contribution in [-0.2, 0) is 14.3 Å². The number of aliphatic hydroxyl groups is 8. The molecule has 47 heavy (non-hydrogen) atoms. The van der Waals surface area contributed by atoms with Crippen molar-refractivity contribution in [2.45, 2.75) is 141 Å². The van der Waals surface area contributed by atoms with E-state index in [1.165, 1.54) is 0 Å². The van der Waals surface area contributed by atoms with Crippen molar-refractivity contribution in [2.24, 2.45) is 50.7 Å². The first kappa shape index (κ1) is 35.7. The van der Waals surface area contributed by atoms with Crippen molar-refractivity contribution in [3.63, 3.8) is 0 Å². The van der Waals surface area contributed by atoms with Crippen LogP contribution >= 0.6 is 0 Å². The van der Waals surface area contributed by atoms with Crippen molar-refractivity contribution in [3.8, 4) is 0 Å². The molecule has 5 aliphatic carbocycles. The van der Waals surface area contributed by atoms with E-state index < -0.39 is 83.3 Å². The molecule has 6 aliphatic rings. The highest BCUT2D eigenvalue weighted by Crippen LogP contribution is 2.76. The van der Waals surface area contributed by atoms with Gasteiger partial charge < -0.3 is 50.3 Å². The van der Waals surface area contributed by atoms with Crippen LogP contribution in [0.1, 0.15) is 92.9 Å². The van der Waals surface area contributed by atoms with E-state index in [4.69, 9.17) is 9.47 Å². The van der Waals surface area contributed by atoms with Gasteiger partial charge in [0.1, 0.15) is 24.4 Å². The molecule has 11 heteroatoms. The van der Waals surface area contributed by atoms with Crippen LogP contribution in [-0.4, -0.2) is 109 Å². The Hall–Kier alpha value is -1.15. The molecule has 6 rings (SSSR count). The van der Waals surface area contributed by atoms with Crippen LogP contribution in [0.3, 0.4) is 0 Å². The predicted molar refractivity (Wildman–Crippen MR) is 169 cm³/mol.